The summed E-state index contributed by atoms with van der Waals surface area (Å²) in [5, 5.41) is 0. The third kappa shape index (κ3) is 2.36. The Balaban J connectivity index is 3.35. The van der Waals surface area contributed by atoms with Gasteiger partial charge in [0.2, 0.25) is 0 Å². The molecular formula is C9H10F2N2O3. The number of rotatable bonds is 3. The summed E-state index contributed by atoms with van der Waals surface area (Å²) in [5.74, 6) is -1.31. The number of anilines is 1. The number of H-pyrrole nitrogens is 1. The van der Waals surface area contributed by atoms with Gasteiger partial charge in [-0.3, -0.25) is 4.79 Å². The number of nitrogen functional groups attached to an aromatic ring is 1. The van der Waals surface area contributed by atoms with E-state index in [4.69, 9.17) is 5.73 Å². The predicted molar refractivity (Wildman–Crippen MR) is 52.4 cm³/mol. The molecule has 0 aliphatic heterocycles. The minimum Gasteiger partial charge on any atom is -0.462 e. The number of halogens is 2. The number of carbonyl (C=O) groups excluding carboxylic acids is 1. The molecule has 0 saturated carbocycles. The normalized spacial score (nSPS) is 10.5. The zero-order chi connectivity index (χ0) is 12.3. The smallest absolute Gasteiger partial charge is 0.344 e. The Hall–Kier alpha value is -1.92. The van der Waals surface area contributed by atoms with Gasteiger partial charge in [-0.2, -0.15) is 0 Å². The van der Waals surface area contributed by atoms with E-state index in [1.54, 1.807) is 0 Å². The number of aromatic amines is 1. The maximum absolute atomic E-state index is 12.6. The quantitative estimate of drug-likeness (QED) is 0.763. The summed E-state index contributed by atoms with van der Waals surface area (Å²) in [6.07, 6.45) is -3.00. The van der Waals surface area contributed by atoms with Gasteiger partial charge in [-0.15, -0.1) is 0 Å². The molecule has 0 amide bonds. The average Bonchev–Trinajstić information content (AvgIpc) is 2.16. The maximum Gasteiger partial charge on any atom is 0.344 e. The van der Waals surface area contributed by atoms with Crippen molar-refractivity contribution in [2.75, 3.05) is 12.3 Å². The topological polar surface area (TPSA) is 85.2 Å². The Bertz CT molecular complexity index is 457. The molecule has 0 fully saturated rings. The minimum absolute atomic E-state index is 0.00860. The van der Waals surface area contributed by atoms with Gasteiger partial charge in [0.15, 0.2) is 5.43 Å². The molecule has 0 aliphatic carbocycles. The highest BCUT2D eigenvalue weighted by Gasteiger charge is 2.23. The molecule has 1 rings (SSSR count). The van der Waals surface area contributed by atoms with Crippen LogP contribution in [0.4, 0.5) is 14.6 Å². The van der Waals surface area contributed by atoms with Gasteiger partial charge in [0, 0.05) is 6.07 Å². The molecule has 16 heavy (non-hydrogen) atoms. The number of esters is 1. The lowest BCUT2D eigenvalue weighted by Gasteiger charge is -2.08. The highest BCUT2D eigenvalue weighted by molar-refractivity contribution is 5.90. The van der Waals surface area contributed by atoms with Gasteiger partial charge in [-0.25, -0.2) is 13.6 Å². The molecule has 0 aliphatic rings. The molecular weight excluding hydrogens is 222 g/mol. The number of carbonyl (C=O) groups is 1. The molecule has 0 atom stereocenters. The summed E-state index contributed by atoms with van der Waals surface area (Å²) in [4.78, 5) is 24.7. The van der Waals surface area contributed by atoms with Crippen molar-refractivity contribution in [2.24, 2.45) is 0 Å². The number of nitrogens with two attached hydrogens (primary N) is 1. The highest BCUT2D eigenvalue weighted by Crippen LogP contribution is 2.20. The molecule has 0 bridgehead atoms. The van der Waals surface area contributed by atoms with Gasteiger partial charge in [0.05, 0.1) is 6.61 Å². The van der Waals surface area contributed by atoms with Crippen LogP contribution in [0.5, 0.6) is 0 Å². The Kier molecular flexibility index (Phi) is 3.60. The average molecular weight is 232 g/mol. The number of hydrogen-bond donors (Lipinski definition) is 2. The number of ether oxygens (including phenoxy) is 1. The predicted octanol–water partition coefficient (Wildman–Crippen LogP) is 1.07. The Morgan fingerprint density at radius 3 is 2.75 bits per heavy atom. The number of pyridine rings is 1. The molecule has 0 radical (unpaired) electrons. The summed E-state index contributed by atoms with van der Waals surface area (Å²) in [6.45, 7) is 1.50. The van der Waals surface area contributed by atoms with Gasteiger partial charge >= 0.3 is 5.97 Å². The van der Waals surface area contributed by atoms with Crippen LogP contribution < -0.4 is 11.2 Å². The monoisotopic (exact) mass is 232 g/mol. The number of alkyl halides is 2. The molecule has 0 spiro atoms. The first-order valence-corrected chi connectivity index (χ1v) is 4.45. The fraction of sp³-hybridized carbons (Fsp3) is 0.333. The second kappa shape index (κ2) is 4.73. The van der Waals surface area contributed by atoms with Crippen LogP contribution in [0.15, 0.2) is 10.9 Å². The van der Waals surface area contributed by atoms with E-state index in [0.29, 0.717) is 0 Å². The lowest BCUT2D eigenvalue weighted by Crippen LogP contribution is -2.22. The van der Waals surface area contributed by atoms with E-state index in [1.165, 1.54) is 6.92 Å². The zero-order valence-corrected chi connectivity index (χ0v) is 8.42. The number of nitrogens with one attached hydrogen (secondary N) is 1. The van der Waals surface area contributed by atoms with E-state index < -0.39 is 29.1 Å². The highest BCUT2D eigenvalue weighted by atomic mass is 19.3. The first kappa shape index (κ1) is 12.2. The van der Waals surface area contributed by atoms with Crippen molar-refractivity contribution in [1.82, 2.24) is 4.98 Å². The Morgan fingerprint density at radius 2 is 2.25 bits per heavy atom. The van der Waals surface area contributed by atoms with Crippen molar-refractivity contribution in [3.8, 4) is 0 Å². The molecule has 0 unspecified atom stereocenters. The van der Waals surface area contributed by atoms with Crippen LogP contribution in [-0.2, 0) is 4.74 Å². The molecule has 0 aromatic carbocycles. The summed E-state index contributed by atoms with van der Waals surface area (Å²) < 4.78 is 29.6. The summed E-state index contributed by atoms with van der Waals surface area (Å²) in [6, 6.07) is 0.859. The Labute approximate surface area is 89.2 Å². The van der Waals surface area contributed by atoms with E-state index in [0.717, 1.165) is 6.07 Å². The zero-order valence-electron chi connectivity index (χ0n) is 8.42. The van der Waals surface area contributed by atoms with Gasteiger partial charge in [0.25, 0.3) is 6.43 Å². The van der Waals surface area contributed by atoms with Gasteiger partial charge in [-0.1, -0.05) is 0 Å². The van der Waals surface area contributed by atoms with Crippen LogP contribution in [0.2, 0.25) is 0 Å². The second-order valence-electron chi connectivity index (χ2n) is 2.90. The van der Waals surface area contributed by atoms with Crippen LogP contribution in [0.3, 0.4) is 0 Å². The van der Waals surface area contributed by atoms with Crippen LogP contribution >= 0.6 is 0 Å². The second-order valence-corrected chi connectivity index (χ2v) is 2.90. The van der Waals surface area contributed by atoms with Crippen molar-refractivity contribution >= 4 is 11.8 Å². The van der Waals surface area contributed by atoms with Gasteiger partial charge in [0.1, 0.15) is 17.1 Å². The largest absolute Gasteiger partial charge is 0.462 e. The van der Waals surface area contributed by atoms with Crippen molar-refractivity contribution in [3.05, 3.63) is 27.5 Å². The fourth-order valence-corrected chi connectivity index (χ4v) is 1.18. The summed E-state index contributed by atoms with van der Waals surface area (Å²) in [7, 11) is 0. The SMILES string of the molecule is CCOC(=O)c1c(C(F)F)[nH]c(N)cc1=O. The maximum atomic E-state index is 12.6. The van der Waals surface area contributed by atoms with Crippen LogP contribution in [0.25, 0.3) is 0 Å². The molecule has 88 valence electrons. The van der Waals surface area contributed by atoms with Crippen LogP contribution in [-0.4, -0.2) is 17.6 Å². The van der Waals surface area contributed by atoms with Crippen molar-refractivity contribution < 1.29 is 18.3 Å². The van der Waals surface area contributed by atoms with E-state index >= 15 is 0 Å². The first-order chi connectivity index (χ1) is 7.47. The van der Waals surface area contributed by atoms with Gasteiger partial charge < -0.3 is 15.5 Å². The number of hydrogen-bond acceptors (Lipinski definition) is 4. The fourth-order valence-electron chi connectivity index (χ4n) is 1.18. The van der Waals surface area contributed by atoms with E-state index in [9.17, 15) is 18.4 Å². The Morgan fingerprint density at radius 1 is 1.62 bits per heavy atom. The number of aromatic nitrogens is 1. The van der Waals surface area contributed by atoms with Crippen LogP contribution in [0.1, 0.15) is 29.4 Å². The van der Waals surface area contributed by atoms with E-state index in [1.807, 2.05) is 0 Å². The molecule has 1 aromatic rings. The summed E-state index contributed by atoms with van der Waals surface area (Å²) >= 11 is 0. The van der Waals surface area contributed by atoms with E-state index in [-0.39, 0.29) is 12.4 Å². The summed E-state index contributed by atoms with van der Waals surface area (Å²) in [5.41, 5.74) is 2.80. The van der Waals surface area contributed by atoms with Crippen molar-refractivity contribution in [1.29, 1.82) is 0 Å². The first-order valence-electron chi connectivity index (χ1n) is 4.45. The molecule has 7 heteroatoms. The lowest BCUT2D eigenvalue weighted by atomic mass is 10.2. The standard InChI is InChI=1S/C9H10F2N2O3/c1-2-16-9(15)6-4(14)3-5(12)13-7(6)8(10)11/h3,8H,2H2,1H3,(H3,12,13,14). The van der Waals surface area contributed by atoms with E-state index in [2.05, 4.69) is 9.72 Å². The molecule has 5 nitrogen and oxygen atoms in total. The third-order valence-corrected chi connectivity index (χ3v) is 1.78. The van der Waals surface area contributed by atoms with Gasteiger partial charge in [-0.05, 0) is 6.92 Å². The molecule has 1 heterocycles. The minimum atomic E-state index is -3.00. The third-order valence-electron chi connectivity index (χ3n) is 1.78. The molecule has 3 N–H and O–H groups in total. The molecule has 1 aromatic heterocycles. The van der Waals surface area contributed by atoms with Crippen molar-refractivity contribution in [2.45, 2.75) is 13.3 Å². The van der Waals surface area contributed by atoms with Crippen molar-refractivity contribution in [3.63, 3.8) is 0 Å². The van der Waals surface area contributed by atoms with Crippen LogP contribution in [0, 0.1) is 0 Å². The molecule has 0 saturated heterocycles. The lowest BCUT2D eigenvalue weighted by molar-refractivity contribution is 0.0512.